The van der Waals surface area contributed by atoms with Crippen molar-refractivity contribution in [1.29, 1.82) is 0 Å². The van der Waals surface area contributed by atoms with Crippen LogP contribution in [-0.2, 0) is 11.3 Å². The summed E-state index contributed by atoms with van der Waals surface area (Å²) in [5, 5.41) is 8.17. The third-order valence-corrected chi connectivity index (χ3v) is 2.92. The Morgan fingerprint density at radius 3 is 2.45 bits per heavy atom. The molecular formula is C16H19N3O3. The maximum Gasteiger partial charge on any atom is 0.319 e. The molecule has 0 saturated carbocycles. The van der Waals surface area contributed by atoms with Crippen LogP contribution in [0.15, 0.2) is 47.1 Å². The zero-order chi connectivity index (χ0) is 15.9. The number of rotatable bonds is 5. The molecule has 0 fully saturated rings. The molecule has 2 rings (SSSR count). The molecule has 0 aliphatic rings. The molecule has 6 nitrogen and oxygen atoms in total. The fourth-order valence-corrected chi connectivity index (χ4v) is 1.72. The minimum absolute atomic E-state index is 0.0700. The van der Waals surface area contributed by atoms with Crippen molar-refractivity contribution in [3.05, 3.63) is 48.4 Å². The first kappa shape index (κ1) is 15.6. The predicted octanol–water partition coefficient (Wildman–Crippen LogP) is 3.20. The Balaban J connectivity index is 1.89. The highest BCUT2D eigenvalue weighted by atomic mass is 16.3. The molecule has 0 spiro atoms. The Bertz CT molecular complexity index is 636. The van der Waals surface area contributed by atoms with Gasteiger partial charge in [-0.1, -0.05) is 19.9 Å². The average Bonchev–Trinajstić information content (AvgIpc) is 2.98. The largest absolute Gasteiger partial charge is 0.467 e. The molecule has 1 aromatic carbocycles. The van der Waals surface area contributed by atoms with Gasteiger partial charge in [0.2, 0.25) is 5.91 Å². The molecule has 3 N–H and O–H groups in total. The molecule has 1 heterocycles. The minimum Gasteiger partial charge on any atom is -0.467 e. The van der Waals surface area contributed by atoms with Crippen LogP contribution in [0, 0.1) is 5.92 Å². The predicted molar refractivity (Wildman–Crippen MR) is 84.5 cm³/mol. The number of urea groups is 1. The summed E-state index contributed by atoms with van der Waals surface area (Å²) < 4.78 is 5.13. The summed E-state index contributed by atoms with van der Waals surface area (Å²) in [6.07, 6.45) is 1.55. The van der Waals surface area contributed by atoms with Crippen LogP contribution in [0.5, 0.6) is 0 Å². The molecule has 1 aromatic heterocycles. The second kappa shape index (κ2) is 7.31. The van der Waals surface area contributed by atoms with E-state index < -0.39 is 0 Å². The number of furan rings is 1. The van der Waals surface area contributed by atoms with E-state index in [9.17, 15) is 9.59 Å². The van der Waals surface area contributed by atoms with Crippen molar-refractivity contribution in [3.8, 4) is 0 Å². The standard InChI is InChI=1S/C16H19N3O3/c1-11(2)15(20)18-12-5-3-6-13(9-12)19-16(21)17-10-14-7-4-8-22-14/h3-9,11H,10H2,1-2H3,(H,18,20)(H2,17,19,21). The summed E-state index contributed by atoms with van der Waals surface area (Å²) in [4.78, 5) is 23.5. The molecule has 22 heavy (non-hydrogen) atoms. The first-order valence-electron chi connectivity index (χ1n) is 7.03. The number of nitrogens with one attached hydrogen (secondary N) is 3. The second-order valence-corrected chi connectivity index (χ2v) is 5.11. The molecule has 0 saturated heterocycles. The highest BCUT2D eigenvalue weighted by molar-refractivity contribution is 5.94. The number of hydrogen-bond acceptors (Lipinski definition) is 3. The smallest absolute Gasteiger partial charge is 0.319 e. The number of amides is 3. The van der Waals surface area contributed by atoms with Crippen LogP contribution in [-0.4, -0.2) is 11.9 Å². The SMILES string of the molecule is CC(C)C(=O)Nc1cccc(NC(=O)NCc2ccco2)c1. The van der Waals surface area contributed by atoms with Crippen LogP contribution in [0.3, 0.4) is 0 Å². The van der Waals surface area contributed by atoms with Crippen molar-refractivity contribution in [2.75, 3.05) is 10.6 Å². The van der Waals surface area contributed by atoms with Gasteiger partial charge >= 0.3 is 6.03 Å². The fraction of sp³-hybridized carbons (Fsp3) is 0.250. The van der Waals surface area contributed by atoms with E-state index in [0.717, 1.165) is 0 Å². The zero-order valence-electron chi connectivity index (χ0n) is 12.6. The lowest BCUT2D eigenvalue weighted by atomic mass is 10.2. The Hall–Kier alpha value is -2.76. The van der Waals surface area contributed by atoms with Gasteiger partial charge < -0.3 is 20.4 Å². The van der Waals surface area contributed by atoms with Gasteiger partial charge in [0.15, 0.2) is 0 Å². The number of anilines is 2. The van der Waals surface area contributed by atoms with E-state index in [4.69, 9.17) is 4.42 Å². The van der Waals surface area contributed by atoms with E-state index >= 15 is 0 Å². The second-order valence-electron chi connectivity index (χ2n) is 5.11. The van der Waals surface area contributed by atoms with Gasteiger partial charge in [-0.15, -0.1) is 0 Å². The Morgan fingerprint density at radius 1 is 1.09 bits per heavy atom. The van der Waals surface area contributed by atoms with E-state index in [1.54, 1.807) is 42.7 Å². The van der Waals surface area contributed by atoms with Crippen LogP contribution in [0.4, 0.5) is 16.2 Å². The van der Waals surface area contributed by atoms with Gasteiger partial charge in [-0.25, -0.2) is 4.79 Å². The highest BCUT2D eigenvalue weighted by Gasteiger charge is 2.08. The molecule has 0 bridgehead atoms. The first-order valence-corrected chi connectivity index (χ1v) is 7.03. The van der Waals surface area contributed by atoms with Crippen LogP contribution < -0.4 is 16.0 Å². The maximum atomic E-state index is 11.8. The van der Waals surface area contributed by atoms with Crippen molar-refractivity contribution in [1.82, 2.24) is 5.32 Å². The normalized spacial score (nSPS) is 10.3. The van der Waals surface area contributed by atoms with Gasteiger partial charge in [0, 0.05) is 17.3 Å². The zero-order valence-corrected chi connectivity index (χ0v) is 12.6. The van der Waals surface area contributed by atoms with Gasteiger partial charge in [0.05, 0.1) is 12.8 Å². The Labute approximate surface area is 128 Å². The number of hydrogen-bond donors (Lipinski definition) is 3. The van der Waals surface area contributed by atoms with Crippen LogP contribution in [0.1, 0.15) is 19.6 Å². The van der Waals surface area contributed by atoms with Crippen molar-refractivity contribution in [2.24, 2.45) is 5.92 Å². The molecule has 0 aliphatic heterocycles. The monoisotopic (exact) mass is 301 g/mol. The summed E-state index contributed by atoms with van der Waals surface area (Å²) in [6.45, 7) is 3.95. The van der Waals surface area contributed by atoms with Gasteiger partial charge in [-0.2, -0.15) is 0 Å². The molecular weight excluding hydrogens is 282 g/mol. The fourth-order valence-electron chi connectivity index (χ4n) is 1.72. The maximum absolute atomic E-state index is 11.8. The summed E-state index contributed by atoms with van der Waals surface area (Å²) in [5.41, 5.74) is 1.24. The number of carbonyl (C=O) groups is 2. The van der Waals surface area contributed by atoms with Gasteiger partial charge in [0.1, 0.15) is 5.76 Å². The lowest BCUT2D eigenvalue weighted by Gasteiger charge is -2.10. The molecule has 116 valence electrons. The van der Waals surface area contributed by atoms with E-state index in [-0.39, 0.29) is 17.9 Å². The Kier molecular flexibility index (Phi) is 5.19. The summed E-state index contributed by atoms with van der Waals surface area (Å²) in [5.74, 6) is 0.501. The van der Waals surface area contributed by atoms with Crippen molar-refractivity contribution >= 4 is 23.3 Å². The van der Waals surface area contributed by atoms with Crippen molar-refractivity contribution < 1.29 is 14.0 Å². The van der Waals surface area contributed by atoms with Crippen LogP contribution in [0.2, 0.25) is 0 Å². The molecule has 3 amide bonds. The van der Waals surface area contributed by atoms with E-state index in [0.29, 0.717) is 23.7 Å². The number of benzene rings is 1. The summed E-state index contributed by atoms with van der Waals surface area (Å²) >= 11 is 0. The lowest BCUT2D eigenvalue weighted by molar-refractivity contribution is -0.118. The summed E-state index contributed by atoms with van der Waals surface area (Å²) in [7, 11) is 0. The van der Waals surface area contributed by atoms with Crippen LogP contribution in [0.25, 0.3) is 0 Å². The van der Waals surface area contributed by atoms with E-state index in [2.05, 4.69) is 16.0 Å². The molecule has 6 heteroatoms. The van der Waals surface area contributed by atoms with Gasteiger partial charge in [-0.3, -0.25) is 4.79 Å². The molecule has 0 unspecified atom stereocenters. The van der Waals surface area contributed by atoms with Gasteiger partial charge in [0.25, 0.3) is 0 Å². The molecule has 2 aromatic rings. The first-order chi connectivity index (χ1) is 10.5. The lowest BCUT2D eigenvalue weighted by Crippen LogP contribution is -2.28. The third kappa shape index (κ3) is 4.66. The third-order valence-electron chi connectivity index (χ3n) is 2.92. The topological polar surface area (TPSA) is 83.4 Å². The molecule has 0 radical (unpaired) electrons. The quantitative estimate of drug-likeness (QED) is 0.793. The molecule has 0 aliphatic carbocycles. The summed E-state index contributed by atoms with van der Waals surface area (Å²) in [6, 6.07) is 10.2. The highest BCUT2D eigenvalue weighted by Crippen LogP contribution is 2.15. The van der Waals surface area contributed by atoms with E-state index in [1.807, 2.05) is 13.8 Å². The van der Waals surface area contributed by atoms with Crippen molar-refractivity contribution in [2.45, 2.75) is 20.4 Å². The molecule has 0 atom stereocenters. The Morgan fingerprint density at radius 2 is 1.82 bits per heavy atom. The minimum atomic E-state index is -0.344. The van der Waals surface area contributed by atoms with Crippen molar-refractivity contribution in [3.63, 3.8) is 0 Å². The van der Waals surface area contributed by atoms with E-state index in [1.165, 1.54) is 0 Å². The number of carbonyl (C=O) groups excluding carboxylic acids is 2. The van der Waals surface area contributed by atoms with Crippen LogP contribution >= 0.6 is 0 Å². The van der Waals surface area contributed by atoms with Gasteiger partial charge in [-0.05, 0) is 30.3 Å². The average molecular weight is 301 g/mol.